The lowest BCUT2D eigenvalue weighted by atomic mass is 10.1. The fourth-order valence-corrected chi connectivity index (χ4v) is 2.02. The zero-order valence-electron chi connectivity index (χ0n) is 12.5. The fourth-order valence-electron chi connectivity index (χ4n) is 2.02. The highest BCUT2D eigenvalue weighted by Gasteiger charge is 2.12. The van der Waals surface area contributed by atoms with E-state index in [-0.39, 0.29) is 29.9 Å². The Kier molecular flexibility index (Phi) is 5.36. The maximum atomic E-state index is 13.3. The molecule has 2 aromatic carbocycles. The van der Waals surface area contributed by atoms with E-state index in [0.29, 0.717) is 5.56 Å². The van der Waals surface area contributed by atoms with Gasteiger partial charge in [-0.3, -0.25) is 14.4 Å². The second-order valence-corrected chi connectivity index (χ2v) is 5.04. The van der Waals surface area contributed by atoms with Crippen molar-refractivity contribution in [2.24, 2.45) is 5.73 Å². The van der Waals surface area contributed by atoms with Crippen molar-refractivity contribution >= 4 is 23.3 Å². The van der Waals surface area contributed by atoms with Gasteiger partial charge in [0.15, 0.2) is 5.78 Å². The molecular formula is C17H14F2N2O3. The molecule has 0 bridgehead atoms. The molecule has 0 radical (unpaired) electrons. The molecule has 2 amide bonds. The monoisotopic (exact) mass is 332 g/mol. The van der Waals surface area contributed by atoms with Gasteiger partial charge in [-0.2, -0.15) is 0 Å². The van der Waals surface area contributed by atoms with E-state index in [1.54, 1.807) is 0 Å². The van der Waals surface area contributed by atoms with Crippen molar-refractivity contribution < 1.29 is 23.2 Å². The van der Waals surface area contributed by atoms with Gasteiger partial charge in [-0.25, -0.2) is 8.78 Å². The first-order chi connectivity index (χ1) is 11.4. The van der Waals surface area contributed by atoms with Gasteiger partial charge in [0.1, 0.15) is 11.6 Å². The van der Waals surface area contributed by atoms with Crippen molar-refractivity contribution in [1.82, 2.24) is 0 Å². The lowest BCUT2D eigenvalue weighted by Gasteiger charge is -2.07. The number of ketones is 1. The van der Waals surface area contributed by atoms with Gasteiger partial charge in [-0.1, -0.05) is 0 Å². The Bertz CT molecular complexity index is 789. The largest absolute Gasteiger partial charge is 0.366 e. The minimum atomic E-state index is -0.949. The summed E-state index contributed by atoms with van der Waals surface area (Å²) in [5.41, 5.74) is 5.19. The second-order valence-electron chi connectivity index (χ2n) is 5.04. The third kappa shape index (κ3) is 4.45. The second kappa shape index (κ2) is 7.45. The lowest BCUT2D eigenvalue weighted by Crippen LogP contribution is -2.16. The summed E-state index contributed by atoms with van der Waals surface area (Å²) in [6, 6.07) is 8.43. The van der Waals surface area contributed by atoms with Crippen molar-refractivity contribution in [2.45, 2.75) is 12.8 Å². The van der Waals surface area contributed by atoms with Crippen molar-refractivity contribution in [2.75, 3.05) is 5.32 Å². The van der Waals surface area contributed by atoms with Crippen LogP contribution in [-0.4, -0.2) is 17.6 Å². The highest BCUT2D eigenvalue weighted by atomic mass is 19.1. The minimum Gasteiger partial charge on any atom is -0.366 e. The van der Waals surface area contributed by atoms with Crippen LogP contribution < -0.4 is 11.1 Å². The predicted octanol–water partition coefficient (Wildman–Crippen LogP) is 2.67. The van der Waals surface area contributed by atoms with E-state index in [2.05, 4.69) is 5.32 Å². The first kappa shape index (κ1) is 17.3. The van der Waals surface area contributed by atoms with Crippen LogP contribution in [0.15, 0.2) is 42.5 Å². The van der Waals surface area contributed by atoms with Crippen LogP contribution in [0.25, 0.3) is 0 Å². The quantitative estimate of drug-likeness (QED) is 0.797. The number of benzene rings is 2. The number of rotatable bonds is 6. The number of nitrogens with two attached hydrogens (primary N) is 1. The van der Waals surface area contributed by atoms with Gasteiger partial charge in [0.2, 0.25) is 5.91 Å². The smallest absolute Gasteiger partial charge is 0.251 e. The summed E-state index contributed by atoms with van der Waals surface area (Å²) < 4.78 is 26.1. The summed E-state index contributed by atoms with van der Waals surface area (Å²) in [7, 11) is 0. The van der Waals surface area contributed by atoms with Gasteiger partial charge in [0, 0.05) is 24.1 Å². The molecule has 0 saturated carbocycles. The number of anilines is 1. The molecule has 124 valence electrons. The highest BCUT2D eigenvalue weighted by Crippen LogP contribution is 2.15. The van der Waals surface area contributed by atoms with Crippen LogP contribution >= 0.6 is 0 Å². The molecule has 7 heteroatoms. The number of halogens is 2. The maximum absolute atomic E-state index is 13.3. The molecule has 2 aromatic rings. The van der Waals surface area contributed by atoms with E-state index in [0.717, 1.165) is 24.3 Å². The minimum absolute atomic E-state index is 0.0681. The van der Waals surface area contributed by atoms with E-state index in [4.69, 9.17) is 5.73 Å². The topological polar surface area (TPSA) is 89.3 Å². The summed E-state index contributed by atoms with van der Waals surface area (Å²) in [4.78, 5) is 34.8. The van der Waals surface area contributed by atoms with Crippen molar-refractivity contribution in [3.8, 4) is 0 Å². The molecule has 0 aromatic heterocycles. The zero-order chi connectivity index (χ0) is 17.7. The van der Waals surface area contributed by atoms with Gasteiger partial charge in [0.05, 0.1) is 5.56 Å². The van der Waals surface area contributed by atoms with Gasteiger partial charge < -0.3 is 11.1 Å². The number of amides is 2. The molecule has 0 heterocycles. The van der Waals surface area contributed by atoms with Crippen molar-refractivity contribution in [3.63, 3.8) is 0 Å². The fraction of sp³-hybridized carbons (Fsp3) is 0.118. The third-order valence-electron chi connectivity index (χ3n) is 3.26. The molecule has 0 saturated heterocycles. The maximum Gasteiger partial charge on any atom is 0.251 e. The standard InChI is InChI=1S/C17H14F2N2O3/c18-11-3-1-10(2-4-11)15(22)7-8-16(23)21-12-5-6-14(19)13(9-12)17(20)24/h1-6,9H,7-8H2,(H2,20,24)(H,21,23). The molecule has 0 aliphatic carbocycles. The Morgan fingerprint density at radius 1 is 0.958 bits per heavy atom. The van der Waals surface area contributed by atoms with Crippen LogP contribution in [0.4, 0.5) is 14.5 Å². The van der Waals surface area contributed by atoms with Gasteiger partial charge in [-0.05, 0) is 42.5 Å². The molecule has 5 nitrogen and oxygen atoms in total. The molecule has 0 atom stereocenters. The van der Waals surface area contributed by atoms with E-state index in [9.17, 15) is 23.2 Å². The molecule has 0 unspecified atom stereocenters. The van der Waals surface area contributed by atoms with Crippen molar-refractivity contribution in [1.29, 1.82) is 0 Å². The van der Waals surface area contributed by atoms with Crippen LogP contribution in [0.5, 0.6) is 0 Å². The van der Waals surface area contributed by atoms with Crippen LogP contribution in [0.3, 0.4) is 0 Å². The Morgan fingerprint density at radius 3 is 2.25 bits per heavy atom. The Balaban J connectivity index is 1.94. The molecular weight excluding hydrogens is 318 g/mol. The number of carbonyl (C=O) groups excluding carboxylic acids is 3. The first-order valence-corrected chi connectivity index (χ1v) is 7.05. The van der Waals surface area contributed by atoms with Crippen LogP contribution in [0, 0.1) is 11.6 Å². The molecule has 0 aliphatic heterocycles. The normalized spacial score (nSPS) is 10.2. The molecule has 0 fully saturated rings. The number of hydrogen-bond acceptors (Lipinski definition) is 3. The third-order valence-corrected chi connectivity index (χ3v) is 3.26. The summed E-state index contributed by atoms with van der Waals surface area (Å²) in [6.45, 7) is 0. The van der Waals surface area contributed by atoms with Crippen LogP contribution in [-0.2, 0) is 4.79 Å². The Hall–Kier alpha value is -3.09. The van der Waals surface area contributed by atoms with Crippen molar-refractivity contribution in [3.05, 3.63) is 65.2 Å². The van der Waals surface area contributed by atoms with E-state index in [1.807, 2.05) is 0 Å². The van der Waals surface area contributed by atoms with Gasteiger partial charge in [0.25, 0.3) is 5.91 Å². The molecule has 0 spiro atoms. The lowest BCUT2D eigenvalue weighted by molar-refractivity contribution is -0.116. The Labute approximate surface area is 136 Å². The number of primary amides is 1. The SMILES string of the molecule is NC(=O)c1cc(NC(=O)CCC(=O)c2ccc(F)cc2)ccc1F. The summed E-state index contributed by atoms with van der Waals surface area (Å²) >= 11 is 0. The molecule has 24 heavy (non-hydrogen) atoms. The first-order valence-electron chi connectivity index (χ1n) is 7.05. The highest BCUT2D eigenvalue weighted by molar-refractivity contribution is 6.00. The van der Waals surface area contributed by atoms with Crippen LogP contribution in [0.1, 0.15) is 33.6 Å². The summed E-state index contributed by atoms with van der Waals surface area (Å²) in [6.07, 6.45) is -0.180. The van der Waals surface area contributed by atoms with E-state index in [1.165, 1.54) is 18.2 Å². The summed E-state index contributed by atoms with van der Waals surface area (Å²) in [5, 5.41) is 2.45. The van der Waals surface area contributed by atoms with Gasteiger partial charge in [-0.15, -0.1) is 0 Å². The average Bonchev–Trinajstić information content (AvgIpc) is 2.55. The molecule has 0 aliphatic rings. The predicted molar refractivity (Wildman–Crippen MR) is 83.5 cm³/mol. The van der Waals surface area contributed by atoms with E-state index < -0.39 is 23.4 Å². The zero-order valence-corrected chi connectivity index (χ0v) is 12.5. The average molecular weight is 332 g/mol. The molecule has 2 rings (SSSR count). The number of nitrogens with one attached hydrogen (secondary N) is 1. The van der Waals surface area contributed by atoms with E-state index >= 15 is 0 Å². The van der Waals surface area contributed by atoms with Crippen LogP contribution in [0.2, 0.25) is 0 Å². The Morgan fingerprint density at radius 2 is 1.62 bits per heavy atom. The number of Topliss-reactive ketones (excluding diaryl/α,β-unsaturated/α-hetero) is 1. The molecule has 3 N–H and O–H groups in total. The van der Waals surface area contributed by atoms with Gasteiger partial charge >= 0.3 is 0 Å². The summed E-state index contributed by atoms with van der Waals surface area (Å²) in [5.74, 6) is -2.97. The number of hydrogen-bond donors (Lipinski definition) is 2. The number of carbonyl (C=O) groups is 3.